The summed E-state index contributed by atoms with van der Waals surface area (Å²) in [5.41, 5.74) is 31.5. The van der Waals surface area contributed by atoms with E-state index >= 15 is 0 Å². The second-order valence-electron chi connectivity index (χ2n) is 43.1. The molecule has 0 saturated carbocycles. The lowest BCUT2D eigenvalue weighted by atomic mass is 9.80. The molecule has 2 atom stereocenters. The van der Waals surface area contributed by atoms with E-state index in [1.54, 1.807) is 0 Å². The second-order valence-corrected chi connectivity index (χ2v) is 43.1. The molecule has 0 spiro atoms. The number of aryl methyl sites for hydroxylation is 2. The third-order valence-electron chi connectivity index (χ3n) is 30.8. The zero-order valence-electron chi connectivity index (χ0n) is 83.5. The maximum absolute atomic E-state index is 7.59. The van der Waals surface area contributed by atoms with E-state index in [0.29, 0.717) is 11.8 Å². The minimum Gasteiger partial charge on any atom is -0.454 e. The number of hydrogen-bond donors (Lipinski definition) is 0. The number of nitrogens with zero attached hydrogens (tertiary/aromatic N) is 4. The predicted molar refractivity (Wildman–Crippen MR) is 597 cm³/mol. The number of para-hydroxylation sites is 10. The Kier molecular flexibility index (Phi) is 20.9. The maximum atomic E-state index is 7.59. The van der Waals surface area contributed by atoms with Crippen molar-refractivity contribution < 1.29 is 17.7 Å². The summed E-state index contributed by atoms with van der Waals surface area (Å²) in [7, 11) is 0. The minimum atomic E-state index is -0.192. The van der Waals surface area contributed by atoms with Gasteiger partial charge in [-0.25, -0.2) is 0 Å². The molecule has 0 fully saturated rings. The van der Waals surface area contributed by atoms with E-state index in [0.717, 1.165) is 202 Å². The highest BCUT2D eigenvalue weighted by Gasteiger charge is 2.36. The van der Waals surface area contributed by atoms with Crippen LogP contribution in [0, 0.1) is 13.8 Å². The Morgan fingerprint density at radius 2 is 0.479 bits per heavy atom. The van der Waals surface area contributed by atoms with Gasteiger partial charge in [0.15, 0.2) is 22.3 Å². The van der Waals surface area contributed by atoms with Gasteiger partial charge < -0.3 is 37.3 Å². The van der Waals surface area contributed by atoms with Crippen molar-refractivity contribution in [2.45, 2.75) is 184 Å². The van der Waals surface area contributed by atoms with Crippen LogP contribution in [0.25, 0.3) is 152 Å². The highest BCUT2D eigenvalue weighted by atomic mass is 16.3. The lowest BCUT2D eigenvalue weighted by molar-refractivity contribution is 0.572. The smallest absolute Gasteiger partial charge is 0.159 e. The highest BCUT2D eigenvalue weighted by Crippen LogP contribution is 2.59. The fourth-order valence-corrected chi connectivity index (χ4v) is 23.5. The Morgan fingerprint density at radius 3 is 0.814 bits per heavy atom. The van der Waals surface area contributed by atoms with Crippen molar-refractivity contribution in [3.63, 3.8) is 0 Å². The van der Waals surface area contributed by atoms with Crippen LogP contribution in [0.15, 0.2) is 345 Å². The standard InChI is InChI=1S/C132H118N4O4/c1-75(2)83-55-59-85(60-56-83)133(111-47-29-39-93-87-35-21-25-51-119(87)137-127(93)111)115-71-103(77(5)6)89-63-67-100-116(134(86-61-57-84(58-62-86)76(3)4)112-48-30-40-94-88-36-22-26-52-120(88)138-128(94)112)73-105(91-65-69-99(115)121(89)123(91)100)79(9)53-54-80(10)106-74-118(136(110-46-24-20-34-82(110)12)114-50-32-42-98-96-38-28-44-108(132(16,17)18)126(96)140-130(98)114)102-68-64-90-104(78(7)8)72-117(101-70-66-92(106)124(102)122(90)101)135(109-45-23-19-33-81(109)11)113-49-31-41-97-95-37-27-43-107(131(13,14)15)125(95)139-129(97)113/h19-52,55-80H,53-54H2,1-18H3. The predicted octanol–water partition coefficient (Wildman–Crippen LogP) is 40.4. The van der Waals surface area contributed by atoms with Crippen LogP contribution in [0.1, 0.15) is 215 Å². The number of hydrogen-bond acceptors (Lipinski definition) is 8. The lowest BCUT2D eigenvalue weighted by Gasteiger charge is -2.33. The zero-order valence-corrected chi connectivity index (χ0v) is 83.5. The van der Waals surface area contributed by atoms with Crippen molar-refractivity contribution in [3.05, 3.63) is 383 Å². The van der Waals surface area contributed by atoms with Crippen molar-refractivity contribution >= 4 is 221 Å². The Balaban J connectivity index is 0.755. The molecular formula is C132H118N4O4. The van der Waals surface area contributed by atoms with Crippen molar-refractivity contribution in [1.82, 2.24) is 0 Å². The highest BCUT2D eigenvalue weighted by molar-refractivity contribution is 6.33. The molecule has 0 radical (unpaired) electrons. The van der Waals surface area contributed by atoms with Crippen molar-refractivity contribution in [2.75, 3.05) is 19.6 Å². The fraction of sp³-hybridized carbons (Fsp3) is 0.212. The van der Waals surface area contributed by atoms with Gasteiger partial charge in [0.2, 0.25) is 0 Å². The third-order valence-corrected chi connectivity index (χ3v) is 30.8. The molecule has 24 aromatic rings. The molecule has 0 aliphatic rings. The van der Waals surface area contributed by atoms with Gasteiger partial charge in [-0.2, -0.15) is 0 Å². The topological polar surface area (TPSA) is 65.5 Å². The average molecular weight is 1820 g/mol. The maximum Gasteiger partial charge on any atom is 0.159 e. The molecule has 2 unspecified atom stereocenters. The van der Waals surface area contributed by atoms with Gasteiger partial charge in [0.25, 0.3) is 0 Å². The number of rotatable bonds is 21. The fourth-order valence-electron chi connectivity index (χ4n) is 23.5. The summed E-state index contributed by atoms with van der Waals surface area (Å²) in [6.45, 7) is 41.9. The largest absolute Gasteiger partial charge is 0.454 e. The molecule has 690 valence electrons. The molecule has 0 aliphatic carbocycles. The van der Waals surface area contributed by atoms with Gasteiger partial charge in [0.1, 0.15) is 22.3 Å². The van der Waals surface area contributed by atoms with Gasteiger partial charge in [-0.3, -0.25) is 0 Å². The van der Waals surface area contributed by atoms with E-state index in [9.17, 15) is 0 Å². The molecule has 0 N–H and O–H groups in total. The van der Waals surface area contributed by atoms with Crippen LogP contribution < -0.4 is 19.6 Å². The van der Waals surface area contributed by atoms with Crippen LogP contribution in [0.3, 0.4) is 0 Å². The molecule has 8 heteroatoms. The van der Waals surface area contributed by atoms with E-state index in [1.165, 1.54) is 87.6 Å². The first-order valence-electron chi connectivity index (χ1n) is 50.5. The molecule has 4 aromatic heterocycles. The first kappa shape index (κ1) is 87.6. The Labute approximate surface area is 819 Å². The SMILES string of the molecule is Cc1ccccc1N(c1cc(C(C)C)c2ccc3c(N(c4ccccc4C)c4cccc5c4oc4c(C(C)(C)C)cccc45)cc(C(C)CCC(C)c4cc(N(c5ccc(C(C)C)cc5)c5cccc6c5oc5ccccc56)c5ccc6c(C(C)C)cc(N(c7ccc(C(C)C)cc7)c7cccc8c7oc7ccccc78)c7ccc4c5c67)c4ccc1c2c43)c1cccc2c1oc1c(C(C)(C)C)cccc12. The number of anilines is 12. The Hall–Kier alpha value is -15.1. The summed E-state index contributed by atoms with van der Waals surface area (Å²) in [4.78, 5) is 10.1. The van der Waals surface area contributed by atoms with Gasteiger partial charge in [0, 0.05) is 98.5 Å². The van der Waals surface area contributed by atoms with Crippen molar-refractivity contribution in [3.8, 4) is 0 Å². The molecule has 20 aromatic carbocycles. The summed E-state index contributed by atoms with van der Waals surface area (Å²) >= 11 is 0. The molecule has 4 heterocycles. The van der Waals surface area contributed by atoms with E-state index < -0.39 is 0 Å². The van der Waals surface area contributed by atoms with Crippen LogP contribution in [0.4, 0.5) is 68.2 Å². The molecule has 0 amide bonds. The van der Waals surface area contributed by atoms with Crippen LogP contribution >= 0.6 is 0 Å². The number of furan rings is 4. The Morgan fingerprint density at radius 1 is 0.214 bits per heavy atom. The molecule has 8 nitrogen and oxygen atoms in total. The van der Waals surface area contributed by atoms with Gasteiger partial charge >= 0.3 is 0 Å². The molecule has 24 rings (SSSR count). The van der Waals surface area contributed by atoms with Crippen LogP contribution in [0.5, 0.6) is 0 Å². The van der Waals surface area contributed by atoms with Crippen LogP contribution in [-0.2, 0) is 10.8 Å². The number of benzene rings is 20. The third kappa shape index (κ3) is 13.9. The summed E-state index contributed by atoms with van der Waals surface area (Å²) in [6.07, 6.45) is 1.70. The molecule has 0 saturated heterocycles. The van der Waals surface area contributed by atoms with Crippen LogP contribution in [0.2, 0.25) is 0 Å². The normalized spacial score (nSPS) is 13.0. The van der Waals surface area contributed by atoms with E-state index in [4.69, 9.17) is 17.7 Å². The number of fused-ring (bicyclic) bond motifs is 12. The Bertz CT molecular complexity index is 9070. The first-order chi connectivity index (χ1) is 67.7. The monoisotopic (exact) mass is 1820 g/mol. The summed E-state index contributed by atoms with van der Waals surface area (Å²) in [6, 6.07) is 124. The second kappa shape index (κ2) is 33.3. The van der Waals surface area contributed by atoms with Crippen molar-refractivity contribution in [2.24, 2.45) is 0 Å². The summed E-state index contributed by atoms with van der Waals surface area (Å²) in [5.74, 6) is 0.930. The molecular weight excluding hydrogens is 1710 g/mol. The van der Waals surface area contributed by atoms with Gasteiger partial charge in [-0.1, -0.05) is 341 Å². The van der Waals surface area contributed by atoms with Gasteiger partial charge in [-0.05, 0) is 258 Å². The molecule has 0 bridgehead atoms. The molecule has 0 aliphatic heterocycles. The molecule has 140 heavy (non-hydrogen) atoms. The quantitative estimate of drug-likeness (QED) is 0.0660. The average Bonchev–Trinajstić information content (AvgIpc) is 0.767. The first-order valence-corrected chi connectivity index (χ1v) is 50.5. The lowest BCUT2D eigenvalue weighted by Crippen LogP contribution is -2.14. The summed E-state index contributed by atoms with van der Waals surface area (Å²) < 4.78 is 29.4. The van der Waals surface area contributed by atoms with E-state index in [-0.39, 0.29) is 34.5 Å². The van der Waals surface area contributed by atoms with Crippen molar-refractivity contribution in [1.29, 1.82) is 0 Å². The van der Waals surface area contributed by atoms with Crippen LogP contribution in [-0.4, -0.2) is 0 Å². The van der Waals surface area contributed by atoms with E-state index in [1.807, 2.05) is 0 Å². The minimum absolute atomic E-state index is 0.000811. The van der Waals surface area contributed by atoms with Gasteiger partial charge in [0.05, 0.1) is 45.5 Å². The zero-order chi connectivity index (χ0) is 96.1. The van der Waals surface area contributed by atoms with Gasteiger partial charge in [-0.15, -0.1) is 0 Å². The summed E-state index contributed by atoms with van der Waals surface area (Å²) in [5, 5.41) is 23.3. The van der Waals surface area contributed by atoms with E-state index in [2.05, 4.69) is 472 Å².